The van der Waals surface area contributed by atoms with E-state index in [4.69, 9.17) is 10.8 Å². The Balaban J connectivity index is 0. The number of hydrogen-bond donors (Lipinski definition) is 2. The summed E-state index contributed by atoms with van der Waals surface area (Å²) in [4.78, 5) is 0. The van der Waals surface area contributed by atoms with Crippen molar-refractivity contribution >= 4 is 12.4 Å². The quantitative estimate of drug-likeness (QED) is 0.558. The molecule has 0 aromatic heterocycles. The van der Waals surface area contributed by atoms with Crippen LogP contribution in [0.1, 0.15) is 26.7 Å². The lowest BCUT2D eigenvalue weighted by atomic mass is 10.1. The number of hydrogen-bond acceptors (Lipinski definition) is 2. The molecule has 0 aliphatic rings. The zero-order chi connectivity index (χ0) is 5.91. The highest BCUT2D eigenvalue weighted by atomic mass is 35.5. The molecule has 0 fully saturated rings. The van der Waals surface area contributed by atoms with Crippen molar-refractivity contribution in [1.29, 1.82) is 0 Å². The first-order chi connectivity index (χ1) is 3.12. The third-order valence-corrected chi connectivity index (χ3v) is 1.22. The maximum absolute atomic E-state index is 8.91. The molecule has 3 heteroatoms. The summed E-state index contributed by atoms with van der Waals surface area (Å²) in [5.74, 6) is 0. The first kappa shape index (κ1) is 11.1. The minimum absolute atomic E-state index is 0. The van der Waals surface area contributed by atoms with Crippen LogP contribution in [-0.2, 0) is 0 Å². The van der Waals surface area contributed by atoms with Gasteiger partial charge in [-0.15, -0.1) is 12.4 Å². The van der Waals surface area contributed by atoms with Crippen molar-refractivity contribution in [2.24, 2.45) is 5.73 Å². The molecule has 0 aliphatic carbocycles. The van der Waals surface area contributed by atoms with Gasteiger partial charge < -0.3 is 10.8 Å². The fourth-order valence-corrected chi connectivity index (χ4v) is 0.250. The van der Waals surface area contributed by atoms with Crippen LogP contribution in [0, 0.1) is 0 Å². The molecule has 0 saturated carbocycles. The van der Waals surface area contributed by atoms with Gasteiger partial charge in [0.1, 0.15) is 5.72 Å². The first-order valence-electron chi connectivity index (χ1n) is 2.63. The lowest BCUT2D eigenvalue weighted by Crippen LogP contribution is -2.37. The van der Waals surface area contributed by atoms with Gasteiger partial charge in [0.15, 0.2) is 0 Å². The third-order valence-electron chi connectivity index (χ3n) is 1.22. The van der Waals surface area contributed by atoms with E-state index in [2.05, 4.69) is 0 Å². The molecule has 0 unspecified atom stereocenters. The number of aliphatic hydroxyl groups is 1. The molecule has 3 N–H and O–H groups in total. The monoisotopic (exact) mass is 139 g/mol. The Kier molecular flexibility index (Phi) is 5.71. The van der Waals surface area contributed by atoms with Gasteiger partial charge in [-0.2, -0.15) is 0 Å². The van der Waals surface area contributed by atoms with Crippen molar-refractivity contribution in [3.63, 3.8) is 0 Å². The summed E-state index contributed by atoms with van der Waals surface area (Å²) in [7, 11) is 0. The normalized spacial score (nSPS) is 10.5. The van der Waals surface area contributed by atoms with Gasteiger partial charge in [-0.25, -0.2) is 0 Å². The standard InChI is InChI=1S/C5H13NO.ClH/c1-3-5(6,7)4-2;/h7H,3-4,6H2,1-2H3;1H. The Hall–Kier alpha value is 0.210. The minimum Gasteiger partial charge on any atom is -0.376 e. The molecule has 2 nitrogen and oxygen atoms in total. The van der Waals surface area contributed by atoms with E-state index >= 15 is 0 Å². The Morgan fingerprint density at radius 2 is 1.62 bits per heavy atom. The second kappa shape index (κ2) is 4.13. The van der Waals surface area contributed by atoms with Crippen molar-refractivity contribution in [2.45, 2.75) is 32.4 Å². The first-order valence-corrected chi connectivity index (χ1v) is 2.63. The second-order valence-electron chi connectivity index (χ2n) is 1.81. The number of nitrogens with two attached hydrogens (primary N) is 1. The number of halogens is 1. The van der Waals surface area contributed by atoms with E-state index < -0.39 is 5.72 Å². The van der Waals surface area contributed by atoms with E-state index in [9.17, 15) is 0 Å². The van der Waals surface area contributed by atoms with Crippen molar-refractivity contribution in [3.8, 4) is 0 Å². The maximum atomic E-state index is 8.91. The van der Waals surface area contributed by atoms with E-state index in [0.717, 1.165) is 0 Å². The molecule has 8 heavy (non-hydrogen) atoms. The van der Waals surface area contributed by atoms with Gasteiger partial charge in [0.2, 0.25) is 0 Å². The zero-order valence-corrected chi connectivity index (χ0v) is 6.16. The average molecular weight is 140 g/mol. The van der Waals surface area contributed by atoms with Gasteiger partial charge in [-0.1, -0.05) is 13.8 Å². The van der Waals surface area contributed by atoms with Crippen LogP contribution in [0.3, 0.4) is 0 Å². The van der Waals surface area contributed by atoms with Gasteiger partial charge >= 0.3 is 0 Å². The summed E-state index contributed by atoms with van der Waals surface area (Å²) in [5.41, 5.74) is 4.35. The molecule has 0 radical (unpaired) electrons. The highest BCUT2D eigenvalue weighted by Crippen LogP contribution is 2.03. The summed E-state index contributed by atoms with van der Waals surface area (Å²) in [6.45, 7) is 3.73. The molecule has 0 atom stereocenters. The third kappa shape index (κ3) is 4.37. The summed E-state index contributed by atoms with van der Waals surface area (Å²) in [5, 5.41) is 8.91. The van der Waals surface area contributed by atoms with Gasteiger partial charge in [-0.3, -0.25) is 0 Å². The summed E-state index contributed by atoms with van der Waals surface area (Å²) in [6.07, 6.45) is 1.26. The zero-order valence-electron chi connectivity index (χ0n) is 5.35. The van der Waals surface area contributed by atoms with E-state index in [0.29, 0.717) is 12.8 Å². The Labute approximate surface area is 56.5 Å². The number of rotatable bonds is 2. The Bertz CT molecular complexity index is 50.4. The summed E-state index contributed by atoms with van der Waals surface area (Å²) < 4.78 is 0. The molecular weight excluding hydrogens is 126 g/mol. The lowest BCUT2D eigenvalue weighted by Gasteiger charge is -2.17. The van der Waals surface area contributed by atoms with Crippen LogP contribution in [0.15, 0.2) is 0 Å². The van der Waals surface area contributed by atoms with E-state index in [1.54, 1.807) is 0 Å². The summed E-state index contributed by atoms with van der Waals surface area (Å²) >= 11 is 0. The van der Waals surface area contributed by atoms with E-state index in [1.807, 2.05) is 13.8 Å². The average Bonchev–Trinajstić information content (AvgIpc) is 1.68. The predicted molar refractivity (Wildman–Crippen MR) is 37.0 cm³/mol. The van der Waals surface area contributed by atoms with Crippen molar-refractivity contribution in [2.75, 3.05) is 0 Å². The highest BCUT2D eigenvalue weighted by molar-refractivity contribution is 5.85. The molecule has 0 bridgehead atoms. The minimum atomic E-state index is -0.917. The van der Waals surface area contributed by atoms with Crippen molar-refractivity contribution in [1.82, 2.24) is 0 Å². The SMILES string of the molecule is CCC(N)(O)CC.Cl. The molecular formula is C5H14ClNO. The molecule has 0 aliphatic heterocycles. The molecule has 52 valence electrons. The highest BCUT2D eigenvalue weighted by Gasteiger charge is 2.12. The molecule has 0 aromatic rings. The van der Waals surface area contributed by atoms with Crippen LogP contribution < -0.4 is 5.73 Å². The fourth-order valence-electron chi connectivity index (χ4n) is 0.250. The van der Waals surface area contributed by atoms with Gasteiger partial charge in [0.25, 0.3) is 0 Å². The van der Waals surface area contributed by atoms with E-state index in [1.165, 1.54) is 0 Å². The smallest absolute Gasteiger partial charge is 0.113 e. The van der Waals surface area contributed by atoms with Gasteiger partial charge in [0, 0.05) is 0 Å². The van der Waals surface area contributed by atoms with Crippen LogP contribution in [0.4, 0.5) is 0 Å². The van der Waals surface area contributed by atoms with Crippen LogP contribution in [-0.4, -0.2) is 10.8 Å². The lowest BCUT2D eigenvalue weighted by molar-refractivity contribution is 0.0391. The molecule has 0 aromatic carbocycles. The van der Waals surface area contributed by atoms with Crippen LogP contribution in [0.25, 0.3) is 0 Å². The second-order valence-corrected chi connectivity index (χ2v) is 1.81. The molecule has 0 amide bonds. The molecule has 0 rings (SSSR count). The molecule has 0 saturated heterocycles. The Morgan fingerprint density at radius 1 is 1.38 bits per heavy atom. The van der Waals surface area contributed by atoms with Gasteiger partial charge in [0.05, 0.1) is 0 Å². The largest absolute Gasteiger partial charge is 0.376 e. The Morgan fingerprint density at radius 3 is 1.62 bits per heavy atom. The molecule has 0 spiro atoms. The van der Waals surface area contributed by atoms with Crippen LogP contribution >= 0.6 is 12.4 Å². The van der Waals surface area contributed by atoms with Crippen molar-refractivity contribution in [3.05, 3.63) is 0 Å². The van der Waals surface area contributed by atoms with E-state index in [-0.39, 0.29) is 12.4 Å². The molecule has 0 heterocycles. The fraction of sp³-hybridized carbons (Fsp3) is 1.00. The van der Waals surface area contributed by atoms with Crippen LogP contribution in [0.5, 0.6) is 0 Å². The van der Waals surface area contributed by atoms with Crippen LogP contribution in [0.2, 0.25) is 0 Å². The topological polar surface area (TPSA) is 46.2 Å². The van der Waals surface area contributed by atoms with Crippen molar-refractivity contribution < 1.29 is 5.11 Å². The predicted octanol–water partition coefficient (Wildman–Crippen LogP) is 0.875. The summed E-state index contributed by atoms with van der Waals surface area (Å²) in [6, 6.07) is 0. The van der Waals surface area contributed by atoms with Gasteiger partial charge in [-0.05, 0) is 12.8 Å². The maximum Gasteiger partial charge on any atom is 0.113 e.